The Kier molecular flexibility index (Phi) is 10.9. The van der Waals surface area contributed by atoms with Gasteiger partial charge in [0.15, 0.2) is 0 Å². The van der Waals surface area contributed by atoms with Crippen molar-refractivity contribution < 1.29 is 19.8 Å². The molecular formula is C7H14O4. The lowest BCUT2D eigenvalue weighted by Gasteiger charge is -1.81. The monoisotopic (exact) mass is 162 g/mol. The Morgan fingerprint density at radius 3 is 1.27 bits per heavy atom. The maximum atomic E-state index is 10.0. The Bertz CT molecular complexity index is 106. The summed E-state index contributed by atoms with van der Waals surface area (Å²) in [7, 11) is 0. The predicted octanol–water partition coefficient (Wildman–Crippen LogP) is -0.474. The zero-order valence-corrected chi connectivity index (χ0v) is 6.83. The van der Waals surface area contributed by atoms with Gasteiger partial charge in [0.1, 0.15) is 11.6 Å². The summed E-state index contributed by atoms with van der Waals surface area (Å²) in [6.45, 7) is 2.56. The number of carbonyl (C=O) groups excluding carboxylic acids is 2. The van der Waals surface area contributed by atoms with Crippen molar-refractivity contribution in [3.05, 3.63) is 0 Å². The van der Waals surface area contributed by atoms with Gasteiger partial charge in [-0.05, 0) is 13.8 Å². The number of ketones is 2. The van der Waals surface area contributed by atoms with Gasteiger partial charge in [0.05, 0.1) is 19.6 Å². The van der Waals surface area contributed by atoms with Crippen LogP contribution in [0.3, 0.4) is 0 Å². The molecule has 0 spiro atoms. The molecule has 11 heavy (non-hydrogen) atoms. The molecule has 4 nitrogen and oxygen atoms in total. The average Bonchev–Trinajstić information content (AvgIpc) is 1.85. The van der Waals surface area contributed by atoms with E-state index in [9.17, 15) is 9.59 Å². The van der Waals surface area contributed by atoms with E-state index in [4.69, 9.17) is 10.2 Å². The zero-order valence-electron chi connectivity index (χ0n) is 6.83. The van der Waals surface area contributed by atoms with Crippen LogP contribution in [0.5, 0.6) is 0 Å². The molecule has 66 valence electrons. The maximum absolute atomic E-state index is 10.0. The highest BCUT2D eigenvalue weighted by atomic mass is 16.3. The molecule has 0 aliphatic carbocycles. The van der Waals surface area contributed by atoms with Crippen LogP contribution in [0, 0.1) is 0 Å². The molecule has 0 atom stereocenters. The largest absolute Gasteiger partial charge is 0.394 e. The summed E-state index contributed by atoms with van der Waals surface area (Å²) in [6, 6.07) is 0. The predicted molar refractivity (Wildman–Crippen MR) is 40.2 cm³/mol. The van der Waals surface area contributed by atoms with Gasteiger partial charge in [-0.3, -0.25) is 9.59 Å². The molecule has 2 N–H and O–H groups in total. The summed E-state index contributed by atoms with van der Waals surface area (Å²) < 4.78 is 0. The van der Waals surface area contributed by atoms with Gasteiger partial charge >= 0.3 is 0 Å². The van der Waals surface area contributed by atoms with Gasteiger partial charge in [-0.2, -0.15) is 0 Å². The van der Waals surface area contributed by atoms with Crippen LogP contribution in [0.1, 0.15) is 20.3 Å². The highest BCUT2D eigenvalue weighted by Crippen LogP contribution is 1.80. The van der Waals surface area contributed by atoms with Crippen LogP contribution < -0.4 is 0 Å². The van der Waals surface area contributed by atoms with Crippen molar-refractivity contribution in [1.82, 2.24) is 0 Å². The van der Waals surface area contributed by atoms with E-state index in [2.05, 4.69) is 0 Å². The van der Waals surface area contributed by atoms with E-state index in [1.165, 1.54) is 13.8 Å². The summed E-state index contributed by atoms with van der Waals surface area (Å²) in [4.78, 5) is 20.1. The van der Waals surface area contributed by atoms with Crippen molar-refractivity contribution in [2.75, 3.05) is 13.2 Å². The Hall–Kier alpha value is -0.740. The van der Waals surface area contributed by atoms with Crippen molar-refractivity contribution >= 4 is 11.6 Å². The number of aliphatic hydroxyl groups is 2. The molecule has 0 unspecified atom stereocenters. The van der Waals surface area contributed by atoms with Crippen molar-refractivity contribution in [2.45, 2.75) is 20.3 Å². The van der Waals surface area contributed by atoms with Crippen LogP contribution >= 0.6 is 0 Å². The fourth-order valence-corrected chi connectivity index (χ4v) is 0.351. The first-order chi connectivity index (χ1) is 5.04. The van der Waals surface area contributed by atoms with E-state index in [0.717, 1.165) is 0 Å². The standard InChI is InChI=1S/C5H8O2.C2H6O2/c1-4(6)3-5(2)7;3-1-2-4/h3H2,1-2H3;3-4H,1-2H2. The lowest BCUT2D eigenvalue weighted by Crippen LogP contribution is -1.97. The average molecular weight is 162 g/mol. The molecule has 4 heteroatoms. The van der Waals surface area contributed by atoms with Gasteiger partial charge in [-0.25, -0.2) is 0 Å². The van der Waals surface area contributed by atoms with E-state index in [-0.39, 0.29) is 31.2 Å². The van der Waals surface area contributed by atoms with E-state index in [1.807, 2.05) is 0 Å². The number of hydrogen-bond acceptors (Lipinski definition) is 4. The number of hydrogen-bond donors (Lipinski definition) is 2. The molecule has 0 aromatic rings. The molecule has 0 heterocycles. The Morgan fingerprint density at radius 1 is 1.00 bits per heavy atom. The third-order valence-corrected chi connectivity index (χ3v) is 0.598. The summed E-state index contributed by atoms with van der Waals surface area (Å²) >= 11 is 0. The summed E-state index contributed by atoms with van der Waals surface area (Å²) in [5.41, 5.74) is 0. The van der Waals surface area contributed by atoms with Crippen molar-refractivity contribution in [1.29, 1.82) is 0 Å². The maximum Gasteiger partial charge on any atom is 0.137 e. The van der Waals surface area contributed by atoms with Crippen LogP contribution in [0.25, 0.3) is 0 Å². The summed E-state index contributed by atoms with van der Waals surface area (Å²) in [6.07, 6.45) is 0.0833. The Morgan fingerprint density at radius 2 is 1.27 bits per heavy atom. The second-order valence-electron chi connectivity index (χ2n) is 2.03. The SMILES string of the molecule is CC(=O)CC(C)=O.OCCO. The molecule has 0 saturated carbocycles. The smallest absolute Gasteiger partial charge is 0.137 e. The first kappa shape index (κ1) is 12.9. The van der Waals surface area contributed by atoms with Crippen molar-refractivity contribution in [3.63, 3.8) is 0 Å². The molecule has 0 aliphatic heterocycles. The molecule has 0 aromatic carbocycles. The molecule has 0 radical (unpaired) electrons. The Balaban J connectivity index is 0. The van der Waals surface area contributed by atoms with Crippen molar-refractivity contribution in [3.8, 4) is 0 Å². The molecule has 0 bridgehead atoms. The van der Waals surface area contributed by atoms with Gasteiger partial charge in [-0.1, -0.05) is 0 Å². The first-order valence-corrected chi connectivity index (χ1v) is 3.25. The topological polar surface area (TPSA) is 74.6 Å². The minimum Gasteiger partial charge on any atom is -0.394 e. The number of Topliss-reactive ketones (excluding diaryl/α,β-unsaturated/α-hetero) is 2. The summed E-state index contributed by atoms with van der Waals surface area (Å²) in [5, 5.41) is 15.2. The Labute approximate surface area is 65.8 Å². The van der Waals surface area contributed by atoms with E-state index < -0.39 is 0 Å². The van der Waals surface area contributed by atoms with Crippen LogP contribution in [-0.4, -0.2) is 35.0 Å². The van der Waals surface area contributed by atoms with Gasteiger partial charge < -0.3 is 10.2 Å². The van der Waals surface area contributed by atoms with Gasteiger partial charge in [0.2, 0.25) is 0 Å². The highest BCUT2D eigenvalue weighted by Gasteiger charge is 1.94. The molecule has 0 aromatic heterocycles. The van der Waals surface area contributed by atoms with Crippen molar-refractivity contribution in [2.24, 2.45) is 0 Å². The van der Waals surface area contributed by atoms with Gasteiger partial charge in [-0.15, -0.1) is 0 Å². The highest BCUT2D eigenvalue weighted by molar-refractivity contribution is 5.96. The van der Waals surface area contributed by atoms with Crippen LogP contribution in [-0.2, 0) is 9.59 Å². The minimum absolute atomic E-state index is 0.0625. The zero-order chi connectivity index (χ0) is 9.28. The third kappa shape index (κ3) is 26.9. The van der Waals surface area contributed by atoms with E-state index in [1.54, 1.807) is 0 Å². The molecule has 0 aliphatic rings. The fourth-order valence-electron chi connectivity index (χ4n) is 0.351. The lowest BCUT2D eigenvalue weighted by molar-refractivity contribution is -0.124. The normalized spacial score (nSPS) is 8.00. The lowest BCUT2D eigenvalue weighted by atomic mass is 10.2. The van der Waals surface area contributed by atoms with Gasteiger partial charge in [0, 0.05) is 0 Å². The molecule has 0 rings (SSSR count). The minimum atomic E-state index is -0.125. The second kappa shape index (κ2) is 9.26. The second-order valence-corrected chi connectivity index (χ2v) is 2.03. The van der Waals surface area contributed by atoms with Crippen LogP contribution in [0.15, 0.2) is 0 Å². The fraction of sp³-hybridized carbons (Fsp3) is 0.714. The summed E-state index contributed by atoms with van der Waals surface area (Å²) in [5.74, 6) is -0.125. The van der Waals surface area contributed by atoms with Gasteiger partial charge in [0.25, 0.3) is 0 Å². The third-order valence-electron chi connectivity index (χ3n) is 0.598. The van der Waals surface area contributed by atoms with E-state index in [0.29, 0.717) is 0 Å². The quantitative estimate of drug-likeness (QED) is 0.550. The van der Waals surface area contributed by atoms with Crippen LogP contribution in [0.2, 0.25) is 0 Å². The number of carbonyl (C=O) groups is 2. The number of aliphatic hydroxyl groups excluding tert-OH is 2. The number of rotatable bonds is 3. The molecule has 0 saturated heterocycles. The molecule has 0 fully saturated rings. The molecular weight excluding hydrogens is 148 g/mol. The van der Waals surface area contributed by atoms with Crippen LogP contribution in [0.4, 0.5) is 0 Å². The van der Waals surface area contributed by atoms with E-state index >= 15 is 0 Å². The molecule has 0 amide bonds. The first-order valence-electron chi connectivity index (χ1n) is 3.25.